The zero-order valence-electron chi connectivity index (χ0n) is 26.4. The van der Waals surface area contributed by atoms with E-state index in [2.05, 4.69) is 158 Å². The first kappa shape index (κ1) is 30.8. The van der Waals surface area contributed by atoms with Crippen LogP contribution in [-0.4, -0.2) is 0 Å². The van der Waals surface area contributed by atoms with Gasteiger partial charge < -0.3 is 0 Å². The highest BCUT2D eigenvalue weighted by molar-refractivity contribution is 7.80. The van der Waals surface area contributed by atoms with Crippen LogP contribution < -0.4 is 31.8 Å². The van der Waals surface area contributed by atoms with Crippen molar-refractivity contribution in [3.05, 3.63) is 180 Å². The predicted molar refractivity (Wildman–Crippen MR) is 201 cm³/mol. The van der Waals surface area contributed by atoms with Gasteiger partial charge in [0.25, 0.3) is 0 Å². The molecule has 2 aliphatic rings. The van der Waals surface area contributed by atoms with Gasteiger partial charge in [-0.25, -0.2) is 0 Å². The van der Waals surface area contributed by atoms with Gasteiger partial charge in [-0.05, 0) is 133 Å². The van der Waals surface area contributed by atoms with E-state index >= 15 is 0 Å². The smallest absolute Gasteiger partial charge is 0.00559 e. The summed E-state index contributed by atoms with van der Waals surface area (Å²) in [5.41, 5.74) is 5.92. The van der Waals surface area contributed by atoms with Crippen molar-refractivity contribution in [2.75, 3.05) is 0 Å². The highest BCUT2D eigenvalue weighted by Gasteiger charge is 2.20. The first-order valence-electron chi connectivity index (χ1n) is 16.7. The van der Waals surface area contributed by atoms with E-state index in [0.717, 1.165) is 0 Å². The van der Waals surface area contributed by atoms with Gasteiger partial charge >= 0.3 is 0 Å². The van der Waals surface area contributed by atoms with Crippen LogP contribution in [0.5, 0.6) is 0 Å². The van der Waals surface area contributed by atoms with Crippen LogP contribution in [0.3, 0.4) is 0 Å². The lowest BCUT2D eigenvalue weighted by Crippen LogP contribution is -2.22. The number of hydrogen-bond acceptors (Lipinski definition) is 0. The maximum absolute atomic E-state index is 3.79. The fourth-order valence-corrected chi connectivity index (χ4v) is 11.2. The van der Waals surface area contributed by atoms with Gasteiger partial charge in [-0.2, -0.15) is 0 Å². The van der Waals surface area contributed by atoms with Gasteiger partial charge in [0.05, 0.1) is 0 Å². The second-order valence-electron chi connectivity index (χ2n) is 12.1. The van der Waals surface area contributed by atoms with Crippen LogP contribution in [-0.2, 0) is 25.7 Å². The van der Waals surface area contributed by atoms with Crippen LogP contribution in [0.2, 0.25) is 0 Å². The summed E-state index contributed by atoms with van der Waals surface area (Å²) in [7, 11) is -1.03. The second kappa shape index (κ2) is 15.2. The molecule has 0 aliphatic heterocycles. The first-order chi connectivity index (χ1) is 22.8. The summed E-state index contributed by atoms with van der Waals surface area (Å²) in [5, 5.41) is 8.33. The largest absolute Gasteiger partial charge is 0.0622 e. The van der Waals surface area contributed by atoms with E-state index in [0.29, 0.717) is 0 Å². The second-order valence-corrected chi connectivity index (χ2v) is 16.5. The standard InChI is InChI=1S/2C22H20P/c2*1-3-11-20(12-4-1)23(21-13-5-2-6-14-21)22-16-15-18-9-7-8-10-19(18)17-22/h2*1-6,11-16H,7-10H2. The summed E-state index contributed by atoms with van der Waals surface area (Å²) in [6, 6.07) is 60.5. The molecular formula is C44H40P2. The molecule has 0 heterocycles. The lowest BCUT2D eigenvalue weighted by molar-refractivity contribution is 0.685. The molecule has 6 aromatic rings. The molecule has 2 heteroatoms. The molecule has 8 rings (SSSR count). The minimum atomic E-state index is -0.517. The molecule has 0 fully saturated rings. The average molecular weight is 631 g/mol. The lowest BCUT2D eigenvalue weighted by Gasteiger charge is -2.22. The summed E-state index contributed by atoms with van der Waals surface area (Å²) in [4.78, 5) is 0. The van der Waals surface area contributed by atoms with Crippen molar-refractivity contribution in [1.82, 2.24) is 0 Å². The number of aryl methyl sites for hydroxylation is 4. The molecule has 2 aliphatic carbocycles. The zero-order valence-corrected chi connectivity index (χ0v) is 28.2. The van der Waals surface area contributed by atoms with Crippen molar-refractivity contribution in [3.8, 4) is 0 Å². The van der Waals surface area contributed by atoms with Gasteiger partial charge in [0.1, 0.15) is 0 Å². The third-order valence-corrected chi connectivity index (χ3v) is 13.7. The SMILES string of the molecule is [c]1c(P(c2ccccc2)c2ccccc2)ccc2c1CCCC2.[c]1c(P(c2ccccc2)c2ccccc2)ccc2c1CCCC2. The van der Waals surface area contributed by atoms with Gasteiger partial charge in [0, 0.05) is 0 Å². The van der Waals surface area contributed by atoms with E-state index in [1.54, 1.807) is 0 Å². The number of fused-ring (bicyclic) bond motifs is 2. The van der Waals surface area contributed by atoms with E-state index in [4.69, 9.17) is 0 Å². The molecule has 0 unspecified atom stereocenters. The van der Waals surface area contributed by atoms with Gasteiger partial charge in [-0.15, -0.1) is 0 Å². The normalized spacial score (nSPS) is 13.8. The Labute approximate surface area is 278 Å². The van der Waals surface area contributed by atoms with Crippen LogP contribution in [0.1, 0.15) is 47.9 Å². The molecule has 0 nitrogen and oxygen atoms in total. The molecule has 0 saturated heterocycles. The summed E-state index contributed by atoms with van der Waals surface area (Å²) in [6.45, 7) is 0. The third kappa shape index (κ3) is 7.26. The molecule has 226 valence electrons. The molecule has 0 aromatic heterocycles. The Hall–Kier alpha value is -3.82. The maximum atomic E-state index is 3.79. The Kier molecular flexibility index (Phi) is 10.2. The summed E-state index contributed by atoms with van der Waals surface area (Å²) in [6.07, 6.45) is 10.1. The molecule has 0 spiro atoms. The van der Waals surface area contributed by atoms with Crippen molar-refractivity contribution < 1.29 is 0 Å². The van der Waals surface area contributed by atoms with Crippen molar-refractivity contribution >= 4 is 47.7 Å². The molecule has 0 N–H and O–H groups in total. The first-order valence-corrected chi connectivity index (χ1v) is 19.4. The van der Waals surface area contributed by atoms with Gasteiger partial charge in [-0.3, -0.25) is 0 Å². The van der Waals surface area contributed by atoms with Crippen LogP contribution in [0.4, 0.5) is 0 Å². The van der Waals surface area contributed by atoms with Crippen molar-refractivity contribution in [3.63, 3.8) is 0 Å². The van der Waals surface area contributed by atoms with E-state index in [9.17, 15) is 0 Å². The van der Waals surface area contributed by atoms with E-state index in [1.807, 2.05) is 0 Å². The van der Waals surface area contributed by atoms with Crippen molar-refractivity contribution in [1.29, 1.82) is 0 Å². The van der Waals surface area contributed by atoms with Crippen molar-refractivity contribution in [2.24, 2.45) is 0 Å². The summed E-state index contributed by atoms with van der Waals surface area (Å²) < 4.78 is 0. The summed E-state index contributed by atoms with van der Waals surface area (Å²) in [5.74, 6) is 0. The third-order valence-electron chi connectivity index (χ3n) is 9.00. The molecule has 0 atom stereocenters. The molecule has 0 amide bonds. The van der Waals surface area contributed by atoms with Crippen LogP contribution in [0.15, 0.2) is 146 Å². The fourth-order valence-electron chi connectivity index (χ4n) is 6.69. The Morgan fingerprint density at radius 3 is 0.957 bits per heavy atom. The van der Waals surface area contributed by atoms with E-state index < -0.39 is 15.8 Å². The van der Waals surface area contributed by atoms with Crippen LogP contribution in [0.25, 0.3) is 0 Å². The maximum Gasteiger partial charge on any atom is -0.00559 e. The number of hydrogen-bond donors (Lipinski definition) is 0. The molecular weight excluding hydrogens is 590 g/mol. The number of benzene rings is 6. The number of rotatable bonds is 6. The Balaban J connectivity index is 0.000000147. The fraction of sp³-hybridized carbons (Fsp3) is 0.182. The average Bonchev–Trinajstić information content (AvgIpc) is 3.14. The topological polar surface area (TPSA) is 0 Å². The minimum Gasteiger partial charge on any atom is -0.0622 e. The highest BCUT2D eigenvalue weighted by atomic mass is 31.1. The van der Waals surface area contributed by atoms with Crippen molar-refractivity contribution in [2.45, 2.75) is 51.4 Å². The molecule has 0 saturated carbocycles. The zero-order chi connectivity index (χ0) is 31.0. The quantitative estimate of drug-likeness (QED) is 0.163. The van der Waals surface area contributed by atoms with Crippen LogP contribution in [0, 0.1) is 12.1 Å². The highest BCUT2D eigenvalue weighted by Crippen LogP contribution is 2.35. The minimum absolute atomic E-state index is 0.517. The Bertz CT molecular complexity index is 1610. The monoisotopic (exact) mass is 630 g/mol. The summed E-state index contributed by atoms with van der Waals surface area (Å²) >= 11 is 0. The van der Waals surface area contributed by atoms with Gasteiger partial charge in [-0.1, -0.05) is 146 Å². The van der Waals surface area contributed by atoms with Gasteiger partial charge in [0.15, 0.2) is 0 Å². The van der Waals surface area contributed by atoms with E-state index in [-0.39, 0.29) is 0 Å². The molecule has 2 radical (unpaired) electrons. The molecule has 46 heavy (non-hydrogen) atoms. The van der Waals surface area contributed by atoms with Crippen LogP contribution >= 0.6 is 15.8 Å². The Morgan fingerprint density at radius 2 is 0.630 bits per heavy atom. The van der Waals surface area contributed by atoms with E-state index in [1.165, 1.54) is 105 Å². The molecule has 0 bridgehead atoms. The van der Waals surface area contributed by atoms with Gasteiger partial charge in [0.2, 0.25) is 0 Å². The Morgan fingerprint density at radius 1 is 0.326 bits per heavy atom. The lowest BCUT2D eigenvalue weighted by atomic mass is 9.92. The molecule has 6 aromatic carbocycles. The predicted octanol–water partition coefficient (Wildman–Crippen LogP) is 8.25.